The van der Waals surface area contributed by atoms with Crippen LogP contribution in [0.4, 0.5) is 0 Å². The molecule has 1 aliphatic heterocycles. The lowest BCUT2D eigenvalue weighted by atomic mass is 10.1. The van der Waals surface area contributed by atoms with Crippen LogP contribution in [-0.4, -0.2) is 43.2 Å². The second-order valence-corrected chi connectivity index (χ2v) is 4.68. The standard InChI is InChI=1S/C13H20N2O3/c1-8-9(2)18-10(3)12(8)13(16)15-4-5-17-7-11(15)6-14/h11H,4-7,14H2,1-3H3. The fraction of sp³-hybridized carbons (Fsp3) is 0.615. The van der Waals surface area contributed by atoms with Gasteiger partial charge in [-0.3, -0.25) is 4.79 Å². The van der Waals surface area contributed by atoms with Crippen molar-refractivity contribution in [3.63, 3.8) is 0 Å². The maximum atomic E-state index is 12.6. The Kier molecular flexibility index (Phi) is 3.73. The molecule has 0 aliphatic carbocycles. The van der Waals surface area contributed by atoms with Gasteiger partial charge in [0.25, 0.3) is 5.91 Å². The number of carbonyl (C=O) groups excluding carboxylic acids is 1. The van der Waals surface area contributed by atoms with Crippen molar-refractivity contribution in [2.75, 3.05) is 26.3 Å². The minimum Gasteiger partial charge on any atom is -0.466 e. The van der Waals surface area contributed by atoms with E-state index in [0.29, 0.717) is 37.6 Å². The molecular weight excluding hydrogens is 232 g/mol. The molecule has 5 nitrogen and oxygen atoms in total. The lowest BCUT2D eigenvalue weighted by molar-refractivity contribution is 0.000712. The molecule has 100 valence electrons. The molecule has 0 radical (unpaired) electrons. The van der Waals surface area contributed by atoms with Crippen molar-refractivity contribution >= 4 is 5.91 Å². The first-order chi connectivity index (χ1) is 8.56. The van der Waals surface area contributed by atoms with Gasteiger partial charge >= 0.3 is 0 Å². The molecule has 0 aromatic carbocycles. The van der Waals surface area contributed by atoms with Crippen LogP contribution in [-0.2, 0) is 4.74 Å². The maximum Gasteiger partial charge on any atom is 0.258 e. The summed E-state index contributed by atoms with van der Waals surface area (Å²) >= 11 is 0. The van der Waals surface area contributed by atoms with Crippen LogP contribution in [0.25, 0.3) is 0 Å². The summed E-state index contributed by atoms with van der Waals surface area (Å²) in [5.41, 5.74) is 7.28. The summed E-state index contributed by atoms with van der Waals surface area (Å²) in [6, 6.07) is -0.0414. The molecule has 18 heavy (non-hydrogen) atoms. The van der Waals surface area contributed by atoms with E-state index in [1.54, 1.807) is 4.90 Å². The smallest absolute Gasteiger partial charge is 0.258 e. The summed E-state index contributed by atoms with van der Waals surface area (Å²) in [7, 11) is 0. The SMILES string of the molecule is Cc1oc(C)c(C(=O)N2CCOCC2CN)c1C. The quantitative estimate of drug-likeness (QED) is 0.852. The first-order valence-electron chi connectivity index (χ1n) is 6.21. The van der Waals surface area contributed by atoms with E-state index in [4.69, 9.17) is 14.9 Å². The molecule has 1 saturated heterocycles. The zero-order valence-corrected chi connectivity index (χ0v) is 11.2. The van der Waals surface area contributed by atoms with Crippen LogP contribution in [0.2, 0.25) is 0 Å². The molecule has 1 aromatic heterocycles. The van der Waals surface area contributed by atoms with Crippen molar-refractivity contribution in [1.29, 1.82) is 0 Å². The molecule has 0 bridgehead atoms. The van der Waals surface area contributed by atoms with Gasteiger partial charge in [-0.05, 0) is 20.8 Å². The molecule has 5 heteroatoms. The molecule has 0 spiro atoms. The highest BCUT2D eigenvalue weighted by atomic mass is 16.5. The summed E-state index contributed by atoms with van der Waals surface area (Å²) in [6.07, 6.45) is 0. The molecule has 2 heterocycles. The van der Waals surface area contributed by atoms with E-state index in [2.05, 4.69) is 0 Å². The Bertz CT molecular complexity index is 453. The third-order valence-corrected chi connectivity index (χ3v) is 3.54. The first-order valence-corrected chi connectivity index (χ1v) is 6.21. The lowest BCUT2D eigenvalue weighted by Crippen LogP contribution is -2.52. The number of aryl methyl sites for hydroxylation is 2. The second kappa shape index (κ2) is 5.12. The van der Waals surface area contributed by atoms with Gasteiger partial charge in [-0.1, -0.05) is 0 Å². The Labute approximate surface area is 107 Å². The lowest BCUT2D eigenvalue weighted by Gasteiger charge is -2.34. The van der Waals surface area contributed by atoms with Gasteiger partial charge in [0.05, 0.1) is 24.8 Å². The number of furan rings is 1. The summed E-state index contributed by atoms with van der Waals surface area (Å²) in [4.78, 5) is 14.4. The summed E-state index contributed by atoms with van der Waals surface area (Å²) in [6.45, 7) is 7.69. The maximum absolute atomic E-state index is 12.6. The summed E-state index contributed by atoms with van der Waals surface area (Å²) in [5, 5.41) is 0. The number of rotatable bonds is 2. The Hall–Kier alpha value is -1.33. The van der Waals surface area contributed by atoms with E-state index in [1.807, 2.05) is 20.8 Å². The predicted octanol–water partition coefficient (Wildman–Crippen LogP) is 1.00. The Morgan fingerprint density at radius 1 is 1.39 bits per heavy atom. The Balaban J connectivity index is 2.29. The number of hydrogen-bond donors (Lipinski definition) is 1. The second-order valence-electron chi connectivity index (χ2n) is 4.68. The van der Waals surface area contributed by atoms with Crippen molar-refractivity contribution in [3.8, 4) is 0 Å². The third-order valence-electron chi connectivity index (χ3n) is 3.54. The van der Waals surface area contributed by atoms with Crippen molar-refractivity contribution in [3.05, 3.63) is 22.6 Å². The molecule has 1 amide bonds. The van der Waals surface area contributed by atoms with Crippen LogP contribution < -0.4 is 5.73 Å². The number of nitrogens with zero attached hydrogens (tertiary/aromatic N) is 1. The minimum atomic E-state index is -0.0414. The first kappa shape index (κ1) is 13.1. The zero-order chi connectivity index (χ0) is 13.3. The van der Waals surface area contributed by atoms with Crippen LogP contribution in [0.15, 0.2) is 4.42 Å². The average Bonchev–Trinajstić information content (AvgIpc) is 2.62. The molecule has 2 rings (SSSR count). The third kappa shape index (κ3) is 2.15. The normalized spacial score (nSPS) is 20.2. The van der Waals surface area contributed by atoms with Gasteiger partial charge in [-0.15, -0.1) is 0 Å². The number of morpholine rings is 1. The van der Waals surface area contributed by atoms with Crippen LogP contribution in [0.5, 0.6) is 0 Å². The van der Waals surface area contributed by atoms with Gasteiger partial charge in [0, 0.05) is 18.7 Å². The fourth-order valence-corrected chi connectivity index (χ4v) is 2.37. The Morgan fingerprint density at radius 2 is 2.11 bits per heavy atom. The van der Waals surface area contributed by atoms with Gasteiger partial charge in [0.15, 0.2) is 0 Å². The monoisotopic (exact) mass is 252 g/mol. The van der Waals surface area contributed by atoms with E-state index < -0.39 is 0 Å². The number of nitrogens with two attached hydrogens (primary N) is 1. The number of ether oxygens (including phenoxy) is 1. The molecule has 1 atom stereocenters. The van der Waals surface area contributed by atoms with E-state index in [9.17, 15) is 4.79 Å². The number of carbonyl (C=O) groups is 1. The number of amides is 1. The van der Waals surface area contributed by atoms with E-state index in [0.717, 1.165) is 11.3 Å². The van der Waals surface area contributed by atoms with Gasteiger partial charge in [0.2, 0.25) is 0 Å². The van der Waals surface area contributed by atoms with Gasteiger partial charge in [0.1, 0.15) is 11.5 Å². The topological polar surface area (TPSA) is 68.7 Å². The molecule has 1 unspecified atom stereocenters. The van der Waals surface area contributed by atoms with Crippen molar-refractivity contribution in [2.24, 2.45) is 5.73 Å². The minimum absolute atomic E-state index is 0.000556. The van der Waals surface area contributed by atoms with Gasteiger partial charge in [-0.2, -0.15) is 0 Å². The predicted molar refractivity (Wildman–Crippen MR) is 67.6 cm³/mol. The molecule has 0 saturated carbocycles. The highest BCUT2D eigenvalue weighted by Gasteiger charge is 2.30. The van der Waals surface area contributed by atoms with Crippen molar-refractivity contribution in [1.82, 2.24) is 4.90 Å². The van der Waals surface area contributed by atoms with Crippen molar-refractivity contribution < 1.29 is 13.9 Å². The average molecular weight is 252 g/mol. The molecule has 1 fully saturated rings. The number of hydrogen-bond acceptors (Lipinski definition) is 4. The molecule has 1 aliphatic rings. The van der Waals surface area contributed by atoms with Gasteiger partial charge < -0.3 is 19.8 Å². The fourth-order valence-electron chi connectivity index (χ4n) is 2.37. The van der Waals surface area contributed by atoms with Crippen LogP contribution in [0, 0.1) is 20.8 Å². The summed E-state index contributed by atoms with van der Waals surface area (Å²) in [5.74, 6) is 1.48. The van der Waals surface area contributed by atoms with Crippen molar-refractivity contribution in [2.45, 2.75) is 26.8 Å². The van der Waals surface area contributed by atoms with Crippen LogP contribution >= 0.6 is 0 Å². The van der Waals surface area contributed by atoms with Gasteiger partial charge in [-0.25, -0.2) is 0 Å². The van der Waals surface area contributed by atoms with E-state index >= 15 is 0 Å². The zero-order valence-electron chi connectivity index (χ0n) is 11.2. The highest BCUT2D eigenvalue weighted by molar-refractivity contribution is 5.97. The summed E-state index contributed by atoms with van der Waals surface area (Å²) < 4.78 is 10.9. The molecule has 1 aromatic rings. The Morgan fingerprint density at radius 3 is 2.67 bits per heavy atom. The molecule has 2 N–H and O–H groups in total. The van der Waals surface area contributed by atoms with E-state index in [-0.39, 0.29) is 11.9 Å². The van der Waals surface area contributed by atoms with E-state index in [1.165, 1.54) is 0 Å². The van der Waals surface area contributed by atoms with Crippen LogP contribution in [0.1, 0.15) is 27.4 Å². The largest absolute Gasteiger partial charge is 0.466 e. The highest BCUT2D eigenvalue weighted by Crippen LogP contribution is 2.23. The van der Waals surface area contributed by atoms with Crippen LogP contribution in [0.3, 0.4) is 0 Å². The molecular formula is C13H20N2O3.